The molecule has 0 aromatic carbocycles. The molecule has 3 aliphatic rings. The molecule has 1 aliphatic heterocycles. The fourth-order valence-electron chi connectivity index (χ4n) is 6.36. The van der Waals surface area contributed by atoms with Gasteiger partial charge in [-0.05, 0) is 43.4 Å². The lowest BCUT2D eigenvalue weighted by Crippen LogP contribution is -2.64. The van der Waals surface area contributed by atoms with E-state index in [1.54, 1.807) is 6.08 Å². The lowest BCUT2D eigenvalue weighted by molar-refractivity contribution is -0.231. The molecule has 0 N–H and O–H groups in total. The zero-order valence-corrected chi connectivity index (χ0v) is 20.9. The minimum absolute atomic E-state index is 0.00646. The molecule has 0 aromatic rings. The average Bonchev–Trinajstić information content (AvgIpc) is 3.02. The van der Waals surface area contributed by atoms with Crippen LogP contribution in [0.25, 0.3) is 0 Å². The van der Waals surface area contributed by atoms with Crippen molar-refractivity contribution in [3.63, 3.8) is 0 Å². The van der Waals surface area contributed by atoms with Gasteiger partial charge in [0.15, 0.2) is 0 Å². The first-order valence-corrected chi connectivity index (χ1v) is 11.9. The summed E-state index contributed by atoms with van der Waals surface area (Å²) >= 11 is 0. The van der Waals surface area contributed by atoms with E-state index in [1.165, 1.54) is 20.8 Å². The Morgan fingerprint density at radius 1 is 1.06 bits per heavy atom. The van der Waals surface area contributed by atoms with Gasteiger partial charge in [-0.1, -0.05) is 38.2 Å². The predicted molar refractivity (Wildman–Crippen MR) is 122 cm³/mol. The van der Waals surface area contributed by atoms with E-state index in [0.717, 1.165) is 5.57 Å². The third-order valence-corrected chi connectivity index (χ3v) is 8.15. The van der Waals surface area contributed by atoms with Gasteiger partial charge in [-0.15, -0.1) is 0 Å². The second kappa shape index (κ2) is 9.64. The van der Waals surface area contributed by atoms with Crippen molar-refractivity contribution in [2.75, 3.05) is 0 Å². The highest BCUT2D eigenvalue weighted by Gasteiger charge is 2.74. The largest absolute Gasteiger partial charge is 0.463 e. The van der Waals surface area contributed by atoms with Crippen LogP contribution >= 0.6 is 0 Å². The van der Waals surface area contributed by atoms with Crippen molar-refractivity contribution >= 4 is 23.7 Å². The number of ether oxygens (including phenoxy) is 4. The van der Waals surface area contributed by atoms with Crippen LogP contribution in [0.1, 0.15) is 67.2 Å². The zero-order chi connectivity index (χ0) is 25.4. The average molecular weight is 477 g/mol. The summed E-state index contributed by atoms with van der Waals surface area (Å²) in [6.07, 6.45) is 2.72. The van der Waals surface area contributed by atoms with Gasteiger partial charge in [-0.3, -0.25) is 19.2 Å². The van der Waals surface area contributed by atoms with Crippen LogP contribution in [-0.4, -0.2) is 42.4 Å². The van der Waals surface area contributed by atoms with Crippen LogP contribution in [-0.2, 0) is 38.1 Å². The second-order valence-corrected chi connectivity index (χ2v) is 10.2. The highest BCUT2D eigenvalue weighted by atomic mass is 16.8. The maximum Gasteiger partial charge on any atom is 0.304 e. The van der Waals surface area contributed by atoms with Gasteiger partial charge >= 0.3 is 17.9 Å². The molecule has 8 heteroatoms. The Morgan fingerprint density at radius 2 is 1.68 bits per heavy atom. The predicted octanol–water partition coefficient (Wildman–Crippen LogP) is 3.88. The molecule has 34 heavy (non-hydrogen) atoms. The molecule has 3 rings (SSSR count). The van der Waals surface area contributed by atoms with Crippen molar-refractivity contribution in [3.05, 3.63) is 24.3 Å². The number of rotatable bonds is 6. The SMILES string of the molecule is C=C/C(C)=C/C[C@]1(C)[C@H]2C[C@@H](OC(C)=O)C[C@@H]3[C@H](OC(C)=O)O[C@H](OC(C)=O)[C@@]32C(=O)C[C@@H]1C. The Bertz CT molecular complexity index is 906. The number of hydrogen-bond donors (Lipinski definition) is 0. The number of carbonyl (C=O) groups is 4. The minimum Gasteiger partial charge on any atom is -0.463 e. The number of allylic oxidation sites excluding steroid dienone is 3. The highest BCUT2D eigenvalue weighted by Crippen LogP contribution is 2.67. The molecular weight excluding hydrogens is 440 g/mol. The number of ketones is 1. The maximum absolute atomic E-state index is 13.9. The first kappa shape index (κ1) is 26.1. The van der Waals surface area contributed by atoms with Crippen LogP contribution in [0.4, 0.5) is 0 Å². The standard InChI is InChI=1S/C26H36O8/c1-8-14(2)9-10-25(7)15(3)11-22(30)26-20(12-19(13-21(25)26)31-16(4)27)23(32-17(5)28)34-24(26)33-18(6)29/h8-9,15,19-21,23-24H,1,10-13H2,2-7H3/b14-9+/t15-,19-,20+,21+,23+,24-,25-,26-/m0/s1. The molecule has 2 saturated carbocycles. The fraction of sp³-hybridized carbons (Fsp3) is 0.692. The first-order valence-electron chi connectivity index (χ1n) is 11.9. The Hall–Kier alpha value is -2.48. The molecule has 0 aromatic heterocycles. The van der Waals surface area contributed by atoms with Crippen molar-refractivity contribution in [2.24, 2.45) is 28.6 Å². The number of hydrogen-bond acceptors (Lipinski definition) is 8. The van der Waals surface area contributed by atoms with Crippen molar-refractivity contribution in [2.45, 2.75) is 85.9 Å². The molecule has 8 atom stereocenters. The molecule has 0 radical (unpaired) electrons. The third-order valence-electron chi connectivity index (χ3n) is 8.15. The number of esters is 3. The molecule has 3 fully saturated rings. The molecule has 1 spiro atoms. The molecule has 8 nitrogen and oxygen atoms in total. The van der Waals surface area contributed by atoms with Crippen molar-refractivity contribution in [3.8, 4) is 0 Å². The van der Waals surface area contributed by atoms with Crippen LogP contribution in [0.15, 0.2) is 24.3 Å². The van der Waals surface area contributed by atoms with Crippen LogP contribution in [0.5, 0.6) is 0 Å². The summed E-state index contributed by atoms with van der Waals surface area (Å²) < 4.78 is 22.7. The maximum atomic E-state index is 13.9. The van der Waals surface area contributed by atoms with Crippen molar-refractivity contribution < 1.29 is 38.1 Å². The lowest BCUT2D eigenvalue weighted by Gasteiger charge is -2.59. The number of carbonyl (C=O) groups excluding carboxylic acids is 4. The minimum atomic E-state index is -1.21. The summed E-state index contributed by atoms with van der Waals surface area (Å²) in [5, 5.41) is 0. The van der Waals surface area contributed by atoms with Crippen LogP contribution in [0, 0.1) is 28.6 Å². The molecule has 0 bridgehead atoms. The normalized spacial score (nSPS) is 39.5. The summed E-state index contributed by atoms with van der Waals surface area (Å²) in [6, 6.07) is 0. The van der Waals surface area contributed by atoms with E-state index in [-0.39, 0.29) is 30.5 Å². The molecule has 188 valence electrons. The van der Waals surface area contributed by atoms with E-state index in [1.807, 2.05) is 13.8 Å². The Morgan fingerprint density at radius 3 is 2.24 bits per heavy atom. The summed E-state index contributed by atoms with van der Waals surface area (Å²) in [5.74, 6) is -2.61. The Labute approximate surface area is 201 Å². The van der Waals surface area contributed by atoms with E-state index in [2.05, 4.69) is 19.6 Å². The van der Waals surface area contributed by atoms with Gasteiger partial charge in [-0.25, -0.2) is 0 Å². The zero-order valence-electron chi connectivity index (χ0n) is 20.9. The molecule has 0 unspecified atom stereocenters. The van der Waals surface area contributed by atoms with E-state index in [4.69, 9.17) is 18.9 Å². The summed E-state index contributed by atoms with van der Waals surface area (Å²) in [7, 11) is 0. The van der Waals surface area contributed by atoms with Crippen LogP contribution < -0.4 is 0 Å². The van der Waals surface area contributed by atoms with Crippen molar-refractivity contribution in [1.82, 2.24) is 0 Å². The summed E-state index contributed by atoms with van der Waals surface area (Å²) in [4.78, 5) is 49.8. The van der Waals surface area contributed by atoms with Crippen LogP contribution in [0.2, 0.25) is 0 Å². The third kappa shape index (κ3) is 4.44. The van der Waals surface area contributed by atoms with Gasteiger partial charge in [0.05, 0.1) is 0 Å². The lowest BCUT2D eigenvalue weighted by atomic mass is 9.43. The van der Waals surface area contributed by atoms with Gasteiger partial charge in [0.2, 0.25) is 12.6 Å². The monoisotopic (exact) mass is 476 g/mol. The summed E-state index contributed by atoms with van der Waals surface area (Å²) in [5.41, 5.74) is -0.609. The van der Waals surface area contributed by atoms with E-state index in [0.29, 0.717) is 12.8 Å². The second-order valence-electron chi connectivity index (χ2n) is 10.2. The molecule has 0 amide bonds. The topological polar surface area (TPSA) is 105 Å². The first-order chi connectivity index (χ1) is 15.9. The number of Topliss-reactive ketones (excluding diaryl/α,β-unsaturated/α-hetero) is 1. The van der Waals surface area contributed by atoms with Gasteiger partial charge in [0.25, 0.3) is 0 Å². The van der Waals surface area contributed by atoms with Gasteiger partial charge in [0.1, 0.15) is 17.3 Å². The Kier molecular flexibility index (Phi) is 7.41. The van der Waals surface area contributed by atoms with Gasteiger partial charge in [-0.2, -0.15) is 0 Å². The van der Waals surface area contributed by atoms with E-state index < -0.39 is 53.3 Å². The van der Waals surface area contributed by atoms with E-state index in [9.17, 15) is 19.2 Å². The van der Waals surface area contributed by atoms with Crippen LogP contribution in [0.3, 0.4) is 0 Å². The molecule has 1 heterocycles. The molecule has 2 aliphatic carbocycles. The molecule has 1 saturated heterocycles. The fourth-order valence-corrected chi connectivity index (χ4v) is 6.36. The smallest absolute Gasteiger partial charge is 0.304 e. The Balaban J connectivity index is 2.19. The molecular formula is C26H36O8. The van der Waals surface area contributed by atoms with Crippen molar-refractivity contribution in [1.29, 1.82) is 0 Å². The van der Waals surface area contributed by atoms with Gasteiger partial charge in [0, 0.05) is 33.1 Å². The highest BCUT2D eigenvalue weighted by molar-refractivity contribution is 5.88. The summed E-state index contributed by atoms with van der Waals surface area (Å²) in [6.45, 7) is 13.8. The van der Waals surface area contributed by atoms with E-state index >= 15 is 0 Å². The van der Waals surface area contributed by atoms with Gasteiger partial charge < -0.3 is 18.9 Å². The quantitative estimate of drug-likeness (QED) is 0.323.